The van der Waals surface area contributed by atoms with E-state index in [9.17, 15) is 12.8 Å². The number of halogens is 1. The molecule has 1 aliphatic rings. The highest BCUT2D eigenvalue weighted by atomic mass is 32.2. The Bertz CT molecular complexity index is 585. The molecule has 1 aliphatic carbocycles. The summed E-state index contributed by atoms with van der Waals surface area (Å²) in [5, 5.41) is 0. The third-order valence-electron chi connectivity index (χ3n) is 3.73. The summed E-state index contributed by atoms with van der Waals surface area (Å²) in [4.78, 5) is -0.208. The zero-order valence-corrected chi connectivity index (χ0v) is 12.2. The van der Waals surface area contributed by atoms with Crippen LogP contribution in [-0.4, -0.2) is 28.7 Å². The number of nitrogens with two attached hydrogens (primary N) is 1. The van der Waals surface area contributed by atoms with Gasteiger partial charge < -0.3 is 10.5 Å². The van der Waals surface area contributed by atoms with Gasteiger partial charge in [0.25, 0.3) is 0 Å². The van der Waals surface area contributed by atoms with Gasteiger partial charge in [0, 0.05) is 20.3 Å². The fourth-order valence-electron chi connectivity index (χ4n) is 2.09. The van der Waals surface area contributed by atoms with Crippen molar-refractivity contribution in [2.24, 2.45) is 5.41 Å². The van der Waals surface area contributed by atoms with E-state index in [-0.39, 0.29) is 16.0 Å². The van der Waals surface area contributed by atoms with Gasteiger partial charge in [-0.3, -0.25) is 0 Å². The predicted molar refractivity (Wildman–Crippen MR) is 74.2 cm³/mol. The maximum atomic E-state index is 13.3. The van der Waals surface area contributed by atoms with E-state index in [2.05, 4.69) is 4.72 Å². The first kappa shape index (κ1) is 15.2. The van der Waals surface area contributed by atoms with E-state index >= 15 is 0 Å². The molecule has 1 aromatic rings. The van der Waals surface area contributed by atoms with E-state index in [0.717, 1.165) is 25.3 Å². The molecule has 0 atom stereocenters. The lowest BCUT2D eigenvalue weighted by Gasteiger charge is -2.16. The van der Waals surface area contributed by atoms with Crippen LogP contribution in [0.25, 0.3) is 0 Å². The molecular formula is C13H19FN2O3S. The number of rotatable bonds is 7. The number of ether oxygens (including phenoxy) is 1. The molecule has 1 aromatic carbocycles. The fourth-order valence-corrected chi connectivity index (χ4v) is 3.38. The molecule has 20 heavy (non-hydrogen) atoms. The van der Waals surface area contributed by atoms with Gasteiger partial charge in [0.15, 0.2) is 0 Å². The number of benzene rings is 1. The van der Waals surface area contributed by atoms with Crippen LogP contribution in [0.1, 0.15) is 19.3 Å². The lowest BCUT2D eigenvalue weighted by molar-refractivity contribution is 0.173. The van der Waals surface area contributed by atoms with Crippen LogP contribution < -0.4 is 10.5 Å². The molecule has 0 bridgehead atoms. The zero-order chi connectivity index (χ0) is 14.8. The summed E-state index contributed by atoms with van der Waals surface area (Å²) in [5.41, 5.74) is 5.12. The van der Waals surface area contributed by atoms with Crippen molar-refractivity contribution in [1.82, 2.24) is 4.72 Å². The molecule has 112 valence electrons. The molecule has 1 fully saturated rings. The first-order chi connectivity index (χ1) is 9.40. The molecule has 0 heterocycles. The normalized spacial score (nSPS) is 17.1. The molecule has 1 saturated carbocycles. The number of nitrogens with one attached hydrogen (secondary N) is 1. The van der Waals surface area contributed by atoms with E-state index in [4.69, 9.17) is 10.5 Å². The first-order valence-electron chi connectivity index (χ1n) is 6.43. The summed E-state index contributed by atoms with van der Waals surface area (Å²) < 4.78 is 45.2. The fraction of sp³-hybridized carbons (Fsp3) is 0.538. The average molecular weight is 302 g/mol. The largest absolute Gasteiger partial charge is 0.395 e. The van der Waals surface area contributed by atoms with Gasteiger partial charge in [-0.25, -0.2) is 17.5 Å². The Morgan fingerprint density at radius 3 is 2.75 bits per heavy atom. The molecule has 7 heteroatoms. The third-order valence-corrected chi connectivity index (χ3v) is 5.19. The van der Waals surface area contributed by atoms with Gasteiger partial charge in [-0.2, -0.15) is 0 Å². The van der Waals surface area contributed by atoms with Gasteiger partial charge in [0.2, 0.25) is 10.0 Å². The molecule has 0 amide bonds. The van der Waals surface area contributed by atoms with Crippen LogP contribution in [0.4, 0.5) is 10.1 Å². The van der Waals surface area contributed by atoms with Gasteiger partial charge in [-0.1, -0.05) is 6.07 Å². The molecule has 0 aliphatic heterocycles. The minimum atomic E-state index is -3.79. The number of hydrogen-bond donors (Lipinski definition) is 2. The Balaban J connectivity index is 2.07. The predicted octanol–water partition coefficient (Wildman–Crippen LogP) is 1.50. The van der Waals surface area contributed by atoms with E-state index < -0.39 is 15.8 Å². The Labute approximate surface area is 118 Å². The van der Waals surface area contributed by atoms with Gasteiger partial charge in [0.05, 0.1) is 5.69 Å². The summed E-state index contributed by atoms with van der Waals surface area (Å²) >= 11 is 0. The van der Waals surface area contributed by atoms with Crippen molar-refractivity contribution in [2.75, 3.05) is 26.0 Å². The highest BCUT2D eigenvalue weighted by molar-refractivity contribution is 7.89. The number of nitrogen functional groups attached to an aromatic ring is 1. The van der Waals surface area contributed by atoms with E-state index in [0.29, 0.717) is 13.2 Å². The second-order valence-electron chi connectivity index (χ2n) is 5.22. The maximum Gasteiger partial charge on any atom is 0.242 e. The lowest BCUT2D eigenvalue weighted by atomic mass is 10.0. The summed E-state index contributed by atoms with van der Waals surface area (Å²) in [6, 6.07) is 3.77. The summed E-state index contributed by atoms with van der Waals surface area (Å²) in [6.07, 6.45) is 2.75. The molecule has 0 radical (unpaired) electrons. The van der Waals surface area contributed by atoms with Crippen molar-refractivity contribution in [3.63, 3.8) is 0 Å². The zero-order valence-electron chi connectivity index (χ0n) is 11.4. The minimum absolute atomic E-state index is 0.0227. The molecule has 0 spiro atoms. The summed E-state index contributed by atoms with van der Waals surface area (Å²) in [5.74, 6) is -0.728. The Morgan fingerprint density at radius 2 is 2.15 bits per heavy atom. The first-order valence-corrected chi connectivity index (χ1v) is 7.91. The third kappa shape index (κ3) is 3.28. The van der Waals surface area contributed by atoms with Crippen LogP contribution in [0.3, 0.4) is 0 Å². The lowest BCUT2D eigenvalue weighted by Crippen LogP contribution is -2.31. The number of hydrogen-bond acceptors (Lipinski definition) is 4. The number of methoxy groups -OCH3 is 1. The monoisotopic (exact) mass is 302 g/mol. The van der Waals surface area contributed by atoms with Crippen LogP contribution >= 0.6 is 0 Å². The van der Waals surface area contributed by atoms with Crippen molar-refractivity contribution in [1.29, 1.82) is 0 Å². The maximum absolute atomic E-state index is 13.3. The Hall–Kier alpha value is -1.18. The van der Waals surface area contributed by atoms with Crippen LogP contribution in [0.5, 0.6) is 0 Å². The quantitative estimate of drug-likeness (QED) is 0.748. The molecular weight excluding hydrogens is 283 g/mol. The van der Waals surface area contributed by atoms with Crippen molar-refractivity contribution >= 4 is 15.7 Å². The number of para-hydroxylation sites is 1. The Kier molecular flexibility index (Phi) is 4.31. The molecule has 0 unspecified atom stereocenters. The van der Waals surface area contributed by atoms with Gasteiger partial charge in [0.1, 0.15) is 10.7 Å². The second-order valence-corrected chi connectivity index (χ2v) is 6.95. The van der Waals surface area contributed by atoms with Crippen LogP contribution in [0, 0.1) is 11.2 Å². The Morgan fingerprint density at radius 1 is 1.45 bits per heavy atom. The van der Waals surface area contributed by atoms with Gasteiger partial charge >= 0.3 is 0 Å². The highest BCUT2D eigenvalue weighted by Gasteiger charge is 2.42. The molecule has 0 aromatic heterocycles. The van der Waals surface area contributed by atoms with E-state index in [1.54, 1.807) is 7.11 Å². The molecule has 3 N–H and O–H groups in total. The van der Waals surface area contributed by atoms with Crippen molar-refractivity contribution in [3.8, 4) is 0 Å². The second kappa shape index (κ2) is 5.67. The molecule has 2 rings (SSSR count). The standard InChI is InChI=1S/C13H19FN2O3S/c1-19-8-7-13(5-6-13)9-16-20(17,18)11-4-2-3-10(14)12(11)15/h2-4,16H,5-9,15H2,1H3. The summed E-state index contributed by atoms with van der Waals surface area (Å²) in [6.45, 7) is 0.929. The van der Waals surface area contributed by atoms with Gasteiger partial charge in [-0.05, 0) is 36.8 Å². The topological polar surface area (TPSA) is 81.4 Å². The van der Waals surface area contributed by atoms with E-state index in [1.807, 2.05) is 0 Å². The smallest absolute Gasteiger partial charge is 0.242 e. The van der Waals surface area contributed by atoms with Crippen LogP contribution in [0.15, 0.2) is 23.1 Å². The average Bonchev–Trinajstić information content (AvgIpc) is 3.18. The molecule has 5 nitrogen and oxygen atoms in total. The highest BCUT2D eigenvalue weighted by Crippen LogP contribution is 2.48. The number of sulfonamides is 1. The number of anilines is 1. The van der Waals surface area contributed by atoms with Crippen molar-refractivity contribution in [2.45, 2.75) is 24.2 Å². The summed E-state index contributed by atoms with van der Waals surface area (Å²) in [7, 11) is -2.17. The van der Waals surface area contributed by atoms with Crippen molar-refractivity contribution < 1.29 is 17.5 Å². The molecule has 0 saturated heterocycles. The van der Waals surface area contributed by atoms with Crippen LogP contribution in [-0.2, 0) is 14.8 Å². The van der Waals surface area contributed by atoms with Crippen LogP contribution in [0.2, 0.25) is 0 Å². The SMILES string of the molecule is COCCC1(CNS(=O)(=O)c2cccc(F)c2N)CC1. The van der Waals surface area contributed by atoms with Crippen molar-refractivity contribution in [3.05, 3.63) is 24.0 Å². The van der Waals surface area contributed by atoms with E-state index in [1.165, 1.54) is 12.1 Å². The minimum Gasteiger partial charge on any atom is -0.395 e. The van der Waals surface area contributed by atoms with Gasteiger partial charge in [-0.15, -0.1) is 0 Å².